The van der Waals surface area contributed by atoms with Crippen molar-refractivity contribution in [2.24, 2.45) is 0 Å². The largest absolute Gasteiger partial charge is 0.339 e. The lowest BCUT2D eigenvalue weighted by atomic mass is 10.5. The van der Waals surface area contributed by atoms with Crippen molar-refractivity contribution in [2.75, 3.05) is 14.1 Å². The van der Waals surface area contributed by atoms with E-state index in [1.807, 2.05) is 0 Å². The van der Waals surface area contributed by atoms with Crippen molar-refractivity contribution in [2.45, 2.75) is 5.03 Å². The van der Waals surface area contributed by atoms with E-state index in [4.69, 9.17) is 11.6 Å². The lowest BCUT2D eigenvalue weighted by Crippen LogP contribution is -2.16. The van der Waals surface area contributed by atoms with Gasteiger partial charge in [0.25, 0.3) is 5.24 Å². The number of thioether (sulfide) groups is 1. The zero-order chi connectivity index (χ0) is 9.84. The number of amides is 1. The number of nitrogens with zero attached hydrogens (tertiary/aromatic N) is 2. The van der Waals surface area contributed by atoms with Crippen molar-refractivity contribution < 1.29 is 4.79 Å². The van der Waals surface area contributed by atoms with Crippen LogP contribution in [0.2, 0.25) is 5.02 Å². The lowest BCUT2D eigenvalue weighted by Gasteiger charge is -2.08. The van der Waals surface area contributed by atoms with Crippen LogP contribution < -0.4 is 0 Å². The Kier molecular flexibility index (Phi) is 3.57. The van der Waals surface area contributed by atoms with Crippen LogP contribution in [0.4, 0.5) is 4.79 Å². The summed E-state index contributed by atoms with van der Waals surface area (Å²) in [5.74, 6) is 0. The van der Waals surface area contributed by atoms with Crippen LogP contribution in [-0.2, 0) is 0 Å². The Hall–Kier alpha value is -0.740. The Morgan fingerprint density at radius 1 is 1.62 bits per heavy atom. The maximum Gasteiger partial charge on any atom is 0.287 e. The molecule has 0 radical (unpaired) electrons. The fraction of sp³-hybridized carbons (Fsp3) is 0.250. The molecule has 0 aromatic carbocycles. The number of aromatic nitrogens is 1. The van der Waals surface area contributed by atoms with Gasteiger partial charge >= 0.3 is 0 Å². The molecule has 0 bridgehead atoms. The second-order valence-corrected chi connectivity index (χ2v) is 3.98. The molecular weight excluding hydrogens is 208 g/mol. The molecule has 1 rings (SSSR count). The van der Waals surface area contributed by atoms with Crippen LogP contribution in [0.3, 0.4) is 0 Å². The highest BCUT2D eigenvalue weighted by Gasteiger charge is 2.07. The Labute approximate surface area is 86.1 Å². The SMILES string of the molecule is CN(C)C(=O)Sc1cc(Cl)ccn1. The van der Waals surface area contributed by atoms with Crippen molar-refractivity contribution in [1.82, 2.24) is 9.88 Å². The van der Waals surface area contributed by atoms with E-state index in [9.17, 15) is 4.79 Å². The summed E-state index contributed by atoms with van der Waals surface area (Å²) in [6, 6.07) is 3.33. The van der Waals surface area contributed by atoms with E-state index < -0.39 is 0 Å². The average Bonchev–Trinajstić information content (AvgIpc) is 2.04. The van der Waals surface area contributed by atoms with Gasteiger partial charge in [-0.3, -0.25) is 4.79 Å². The molecule has 0 aliphatic heterocycles. The number of pyridine rings is 1. The first kappa shape index (κ1) is 10.3. The van der Waals surface area contributed by atoms with Crippen molar-refractivity contribution in [3.05, 3.63) is 23.4 Å². The predicted octanol–water partition coefficient (Wildman–Crippen LogP) is 2.51. The third-order valence-corrected chi connectivity index (χ3v) is 2.46. The number of rotatable bonds is 1. The van der Waals surface area contributed by atoms with E-state index in [-0.39, 0.29) is 5.24 Å². The van der Waals surface area contributed by atoms with Gasteiger partial charge < -0.3 is 4.90 Å². The minimum Gasteiger partial charge on any atom is -0.339 e. The van der Waals surface area contributed by atoms with E-state index in [1.165, 1.54) is 4.90 Å². The van der Waals surface area contributed by atoms with E-state index in [1.54, 1.807) is 32.4 Å². The maximum absolute atomic E-state index is 11.2. The van der Waals surface area contributed by atoms with Crippen molar-refractivity contribution in [3.8, 4) is 0 Å². The second-order valence-electron chi connectivity index (χ2n) is 2.57. The fourth-order valence-electron chi connectivity index (χ4n) is 0.622. The molecule has 0 unspecified atom stereocenters. The van der Waals surface area contributed by atoms with Crippen LogP contribution >= 0.6 is 23.4 Å². The Balaban J connectivity index is 2.69. The van der Waals surface area contributed by atoms with Crippen LogP contribution in [-0.4, -0.2) is 29.2 Å². The third-order valence-electron chi connectivity index (χ3n) is 1.25. The maximum atomic E-state index is 11.2. The smallest absolute Gasteiger partial charge is 0.287 e. The molecule has 0 N–H and O–H groups in total. The van der Waals surface area contributed by atoms with Crippen molar-refractivity contribution >= 4 is 28.6 Å². The highest BCUT2D eigenvalue weighted by atomic mass is 35.5. The van der Waals surface area contributed by atoms with Crippen molar-refractivity contribution in [3.63, 3.8) is 0 Å². The minimum atomic E-state index is -0.0604. The van der Waals surface area contributed by atoms with Gasteiger partial charge in [-0.1, -0.05) is 11.6 Å². The van der Waals surface area contributed by atoms with Gasteiger partial charge in [0.15, 0.2) is 0 Å². The normalized spacial score (nSPS) is 9.77. The molecule has 5 heteroatoms. The molecule has 70 valence electrons. The van der Waals surface area contributed by atoms with Gasteiger partial charge in [-0.15, -0.1) is 0 Å². The molecule has 1 aromatic heterocycles. The zero-order valence-corrected chi connectivity index (χ0v) is 8.89. The molecule has 1 amide bonds. The molecule has 0 atom stereocenters. The zero-order valence-electron chi connectivity index (χ0n) is 7.32. The molecule has 0 saturated carbocycles. The van der Waals surface area contributed by atoms with Gasteiger partial charge in [-0.25, -0.2) is 4.98 Å². The summed E-state index contributed by atoms with van der Waals surface area (Å²) in [6.45, 7) is 0. The molecular formula is C8H9ClN2OS. The van der Waals surface area contributed by atoms with Gasteiger partial charge in [0.05, 0.1) is 0 Å². The van der Waals surface area contributed by atoms with Crippen LogP contribution in [0, 0.1) is 0 Å². The lowest BCUT2D eigenvalue weighted by molar-refractivity contribution is 0.241. The summed E-state index contributed by atoms with van der Waals surface area (Å²) in [4.78, 5) is 16.7. The predicted molar refractivity (Wildman–Crippen MR) is 54.2 cm³/mol. The molecule has 0 saturated heterocycles. The first-order valence-electron chi connectivity index (χ1n) is 3.60. The van der Waals surface area contributed by atoms with E-state index >= 15 is 0 Å². The summed E-state index contributed by atoms with van der Waals surface area (Å²) in [7, 11) is 3.39. The topological polar surface area (TPSA) is 33.2 Å². The molecule has 1 heterocycles. The highest BCUT2D eigenvalue weighted by Crippen LogP contribution is 2.20. The summed E-state index contributed by atoms with van der Waals surface area (Å²) in [5.41, 5.74) is 0. The number of halogens is 1. The quantitative estimate of drug-likeness (QED) is 0.677. The fourth-order valence-corrected chi connectivity index (χ4v) is 1.51. The standard InChI is InChI=1S/C8H9ClN2OS/c1-11(2)8(12)13-7-5-6(9)3-4-10-7/h3-5H,1-2H3. The van der Waals surface area contributed by atoms with E-state index in [2.05, 4.69) is 4.98 Å². The monoisotopic (exact) mass is 216 g/mol. The minimum absolute atomic E-state index is 0.0604. The molecule has 0 aliphatic carbocycles. The molecule has 13 heavy (non-hydrogen) atoms. The number of hydrogen-bond donors (Lipinski definition) is 0. The van der Waals surface area contributed by atoms with Gasteiger partial charge in [-0.05, 0) is 23.9 Å². The van der Waals surface area contributed by atoms with Gasteiger partial charge in [0, 0.05) is 25.3 Å². The van der Waals surface area contributed by atoms with Crippen LogP contribution in [0.1, 0.15) is 0 Å². The van der Waals surface area contributed by atoms with Crippen LogP contribution in [0.15, 0.2) is 23.4 Å². The number of carbonyl (C=O) groups excluding carboxylic acids is 1. The van der Waals surface area contributed by atoms with Gasteiger partial charge in [-0.2, -0.15) is 0 Å². The third kappa shape index (κ3) is 3.24. The first-order chi connectivity index (χ1) is 6.09. The van der Waals surface area contributed by atoms with Gasteiger partial charge in [0.2, 0.25) is 0 Å². The Bertz CT molecular complexity index is 317. The second kappa shape index (κ2) is 4.48. The Morgan fingerprint density at radius 3 is 2.85 bits per heavy atom. The van der Waals surface area contributed by atoms with Gasteiger partial charge in [0.1, 0.15) is 5.03 Å². The molecule has 0 spiro atoms. The summed E-state index contributed by atoms with van der Waals surface area (Å²) in [5, 5.41) is 1.14. The number of hydrogen-bond acceptors (Lipinski definition) is 3. The van der Waals surface area contributed by atoms with E-state index in [0.29, 0.717) is 10.0 Å². The van der Waals surface area contributed by atoms with Crippen LogP contribution in [0.5, 0.6) is 0 Å². The summed E-state index contributed by atoms with van der Waals surface area (Å²) >= 11 is 6.79. The average molecular weight is 217 g/mol. The Morgan fingerprint density at radius 2 is 2.31 bits per heavy atom. The first-order valence-corrected chi connectivity index (χ1v) is 4.80. The van der Waals surface area contributed by atoms with E-state index in [0.717, 1.165) is 11.8 Å². The molecule has 0 fully saturated rings. The van der Waals surface area contributed by atoms with Crippen LogP contribution in [0.25, 0.3) is 0 Å². The summed E-state index contributed by atoms with van der Waals surface area (Å²) in [6.07, 6.45) is 1.58. The highest BCUT2D eigenvalue weighted by molar-refractivity contribution is 8.13. The molecule has 3 nitrogen and oxygen atoms in total. The molecule has 0 aliphatic rings. The number of carbonyl (C=O) groups is 1. The summed E-state index contributed by atoms with van der Waals surface area (Å²) < 4.78 is 0. The van der Waals surface area contributed by atoms with Crippen molar-refractivity contribution in [1.29, 1.82) is 0 Å². The molecule has 1 aromatic rings.